The molecule has 0 bridgehead atoms. The van der Waals surface area contributed by atoms with Gasteiger partial charge in [0.05, 0.1) is 18.5 Å². The van der Waals surface area contributed by atoms with Gasteiger partial charge in [-0.2, -0.15) is 0 Å². The third-order valence-corrected chi connectivity index (χ3v) is 3.37. The van der Waals surface area contributed by atoms with Crippen LogP contribution in [-0.2, 0) is 0 Å². The van der Waals surface area contributed by atoms with Gasteiger partial charge in [-0.1, -0.05) is 0 Å². The normalized spacial score (nSPS) is 17.6. The third-order valence-electron chi connectivity index (χ3n) is 3.37. The number of hydrogen-bond acceptors (Lipinski definition) is 4. The van der Waals surface area contributed by atoms with Crippen LogP contribution in [0.25, 0.3) is 0 Å². The fraction of sp³-hybridized carbons (Fsp3) is 0.538. The van der Waals surface area contributed by atoms with Crippen LogP contribution in [0, 0.1) is 5.82 Å². The number of halogens is 1. The zero-order valence-electron chi connectivity index (χ0n) is 10.9. The van der Waals surface area contributed by atoms with Crippen molar-refractivity contribution in [3.8, 4) is 5.75 Å². The average molecular weight is 253 g/mol. The van der Waals surface area contributed by atoms with Crippen molar-refractivity contribution in [3.05, 3.63) is 17.9 Å². The van der Waals surface area contributed by atoms with Crippen molar-refractivity contribution in [2.24, 2.45) is 0 Å². The summed E-state index contributed by atoms with van der Waals surface area (Å²) in [6.07, 6.45) is 1.03. The molecule has 18 heavy (non-hydrogen) atoms. The Morgan fingerprint density at radius 3 is 2.72 bits per heavy atom. The molecule has 1 saturated heterocycles. The van der Waals surface area contributed by atoms with Gasteiger partial charge in [0.2, 0.25) is 0 Å². The van der Waals surface area contributed by atoms with Gasteiger partial charge in [0, 0.05) is 19.6 Å². The van der Waals surface area contributed by atoms with E-state index in [1.54, 1.807) is 12.1 Å². The number of hydrogen-bond donors (Lipinski definition) is 1. The van der Waals surface area contributed by atoms with Crippen molar-refractivity contribution in [2.75, 3.05) is 51.0 Å². The average Bonchev–Trinajstić information content (AvgIpc) is 2.55. The zero-order valence-corrected chi connectivity index (χ0v) is 10.9. The molecule has 1 aliphatic heterocycles. The summed E-state index contributed by atoms with van der Waals surface area (Å²) in [7, 11) is 3.53. The molecular formula is C13H20FN3O. The molecule has 1 heterocycles. The van der Waals surface area contributed by atoms with Crippen LogP contribution in [0.15, 0.2) is 12.1 Å². The Balaban J connectivity index is 2.27. The highest BCUT2D eigenvalue weighted by Gasteiger charge is 2.19. The zero-order chi connectivity index (χ0) is 13.1. The van der Waals surface area contributed by atoms with Crippen LogP contribution < -0.4 is 15.4 Å². The topological polar surface area (TPSA) is 41.7 Å². The van der Waals surface area contributed by atoms with Gasteiger partial charge in [-0.15, -0.1) is 0 Å². The van der Waals surface area contributed by atoms with Crippen molar-refractivity contribution < 1.29 is 9.13 Å². The Kier molecular flexibility index (Phi) is 3.91. The second-order valence-electron chi connectivity index (χ2n) is 4.67. The van der Waals surface area contributed by atoms with Crippen molar-refractivity contribution in [2.45, 2.75) is 6.42 Å². The monoisotopic (exact) mass is 253 g/mol. The summed E-state index contributed by atoms with van der Waals surface area (Å²) in [5, 5.41) is 0. The van der Waals surface area contributed by atoms with Gasteiger partial charge in [-0.3, -0.25) is 0 Å². The third kappa shape index (κ3) is 2.51. The number of rotatable bonds is 2. The van der Waals surface area contributed by atoms with Gasteiger partial charge < -0.3 is 20.3 Å². The van der Waals surface area contributed by atoms with Gasteiger partial charge >= 0.3 is 0 Å². The maximum Gasteiger partial charge on any atom is 0.190 e. The van der Waals surface area contributed by atoms with Crippen LogP contribution in [0.2, 0.25) is 0 Å². The molecule has 1 aromatic rings. The van der Waals surface area contributed by atoms with Gasteiger partial charge in [0.15, 0.2) is 11.6 Å². The summed E-state index contributed by atoms with van der Waals surface area (Å²) in [4.78, 5) is 4.31. The SMILES string of the molecule is COc1c(N)ccc(N2CCCN(C)CC2)c1F. The highest BCUT2D eigenvalue weighted by molar-refractivity contribution is 5.63. The van der Waals surface area contributed by atoms with Crippen LogP contribution in [0.1, 0.15) is 6.42 Å². The standard InChI is InChI=1S/C13H20FN3O/c1-16-6-3-7-17(9-8-16)11-5-4-10(15)13(18-2)12(11)14/h4-5H,3,6-9,15H2,1-2H3. The van der Waals surface area contributed by atoms with E-state index in [4.69, 9.17) is 10.5 Å². The maximum atomic E-state index is 14.3. The van der Waals surface area contributed by atoms with Gasteiger partial charge in [0.25, 0.3) is 0 Å². The number of ether oxygens (including phenoxy) is 1. The number of benzene rings is 1. The molecule has 2 rings (SSSR count). The minimum Gasteiger partial charge on any atom is -0.492 e. The molecule has 1 aromatic carbocycles. The first-order valence-corrected chi connectivity index (χ1v) is 6.19. The number of anilines is 2. The molecule has 100 valence electrons. The quantitative estimate of drug-likeness (QED) is 0.812. The van der Waals surface area contributed by atoms with Crippen molar-refractivity contribution in [1.82, 2.24) is 4.90 Å². The molecule has 4 nitrogen and oxygen atoms in total. The van der Waals surface area contributed by atoms with E-state index in [9.17, 15) is 4.39 Å². The molecule has 0 aliphatic carbocycles. The molecule has 0 radical (unpaired) electrons. The molecule has 1 fully saturated rings. The lowest BCUT2D eigenvalue weighted by atomic mass is 10.2. The number of nitrogens with zero attached hydrogens (tertiary/aromatic N) is 2. The number of likely N-dealkylation sites (N-methyl/N-ethyl adjacent to an activating group) is 1. The molecule has 0 aromatic heterocycles. The Morgan fingerprint density at radius 2 is 2.00 bits per heavy atom. The first kappa shape index (κ1) is 13.0. The van der Waals surface area contributed by atoms with Crippen LogP contribution in [0.5, 0.6) is 5.75 Å². The largest absolute Gasteiger partial charge is 0.492 e. The summed E-state index contributed by atoms with van der Waals surface area (Å²) in [6.45, 7) is 3.66. The van der Waals surface area contributed by atoms with E-state index in [-0.39, 0.29) is 11.6 Å². The van der Waals surface area contributed by atoms with E-state index in [0.29, 0.717) is 11.4 Å². The van der Waals surface area contributed by atoms with Gasteiger partial charge in [-0.05, 0) is 32.1 Å². The molecule has 0 amide bonds. The lowest BCUT2D eigenvalue weighted by Gasteiger charge is -2.24. The fourth-order valence-corrected chi connectivity index (χ4v) is 2.30. The lowest BCUT2D eigenvalue weighted by molar-refractivity contribution is 0.359. The molecule has 1 aliphatic rings. The Hall–Kier alpha value is -1.49. The van der Waals surface area contributed by atoms with Crippen molar-refractivity contribution in [1.29, 1.82) is 0 Å². The minimum absolute atomic E-state index is 0.144. The van der Waals surface area contributed by atoms with Gasteiger partial charge in [-0.25, -0.2) is 4.39 Å². The molecule has 0 atom stereocenters. The smallest absolute Gasteiger partial charge is 0.190 e. The Morgan fingerprint density at radius 1 is 1.22 bits per heavy atom. The van der Waals surface area contributed by atoms with E-state index in [0.717, 1.165) is 32.6 Å². The molecule has 0 unspecified atom stereocenters. The number of methoxy groups -OCH3 is 1. The minimum atomic E-state index is -0.359. The van der Waals surface area contributed by atoms with E-state index in [1.165, 1.54) is 7.11 Å². The second-order valence-corrected chi connectivity index (χ2v) is 4.67. The summed E-state index contributed by atoms with van der Waals surface area (Å²) in [6, 6.07) is 3.43. The molecule has 2 N–H and O–H groups in total. The van der Waals surface area contributed by atoms with E-state index < -0.39 is 0 Å². The van der Waals surface area contributed by atoms with Crippen LogP contribution in [0.4, 0.5) is 15.8 Å². The molecular weight excluding hydrogens is 233 g/mol. The lowest BCUT2D eigenvalue weighted by Crippen LogP contribution is -2.29. The summed E-state index contributed by atoms with van der Waals surface area (Å²) in [5.74, 6) is -0.216. The molecule has 0 saturated carbocycles. The fourth-order valence-electron chi connectivity index (χ4n) is 2.30. The maximum absolute atomic E-state index is 14.3. The number of nitrogen functional groups attached to an aromatic ring is 1. The highest BCUT2D eigenvalue weighted by Crippen LogP contribution is 2.33. The van der Waals surface area contributed by atoms with Crippen LogP contribution in [0.3, 0.4) is 0 Å². The highest BCUT2D eigenvalue weighted by atomic mass is 19.1. The summed E-state index contributed by atoms with van der Waals surface area (Å²) < 4.78 is 19.3. The van der Waals surface area contributed by atoms with E-state index >= 15 is 0 Å². The molecule has 5 heteroatoms. The Labute approximate surface area is 107 Å². The van der Waals surface area contributed by atoms with Crippen molar-refractivity contribution >= 4 is 11.4 Å². The van der Waals surface area contributed by atoms with E-state index in [1.807, 2.05) is 0 Å². The Bertz CT molecular complexity index is 425. The first-order chi connectivity index (χ1) is 8.63. The summed E-state index contributed by atoms with van der Waals surface area (Å²) >= 11 is 0. The number of nitrogens with two attached hydrogens (primary N) is 1. The second kappa shape index (κ2) is 5.44. The summed E-state index contributed by atoms with van der Waals surface area (Å²) in [5.41, 5.74) is 6.61. The van der Waals surface area contributed by atoms with Crippen LogP contribution in [-0.4, -0.2) is 45.2 Å². The van der Waals surface area contributed by atoms with Crippen molar-refractivity contribution in [3.63, 3.8) is 0 Å². The van der Waals surface area contributed by atoms with Crippen LogP contribution >= 0.6 is 0 Å². The predicted octanol–water partition coefficient (Wildman–Crippen LogP) is 1.56. The predicted molar refractivity (Wildman–Crippen MR) is 71.7 cm³/mol. The molecule has 0 spiro atoms. The van der Waals surface area contributed by atoms with E-state index in [2.05, 4.69) is 16.8 Å². The first-order valence-electron chi connectivity index (χ1n) is 6.19. The van der Waals surface area contributed by atoms with Gasteiger partial charge in [0.1, 0.15) is 0 Å².